The second-order valence-corrected chi connectivity index (χ2v) is 6.33. The summed E-state index contributed by atoms with van der Waals surface area (Å²) in [5.41, 5.74) is 3.03. The first-order valence-corrected chi connectivity index (χ1v) is 8.42. The summed E-state index contributed by atoms with van der Waals surface area (Å²) in [7, 11) is 0. The maximum atomic E-state index is 12.4. The highest BCUT2D eigenvalue weighted by atomic mass is 16.5. The van der Waals surface area contributed by atoms with Crippen LogP contribution in [0.1, 0.15) is 28.8 Å². The standard InChI is InChI=1S/C19H19N3O3/c23-18(13-1-8-17-12(11-13)9-10-25-17)20-14-2-4-15(5-3-14)21-19(24)22-16-6-7-16/h1-5,8,11,16H,6-7,9-10H2,(H,20,23)(H2,21,22,24). The summed E-state index contributed by atoms with van der Waals surface area (Å²) in [6.45, 7) is 0.670. The summed E-state index contributed by atoms with van der Waals surface area (Å²) in [6.07, 6.45) is 2.93. The van der Waals surface area contributed by atoms with Gasteiger partial charge in [-0.25, -0.2) is 4.79 Å². The van der Waals surface area contributed by atoms with E-state index in [0.717, 1.165) is 30.6 Å². The minimum Gasteiger partial charge on any atom is -0.493 e. The molecule has 25 heavy (non-hydrogen) atoms. The van der Waals surface area contributed by atoms with Crippen LogP contribution in [0.5, 0.6) is 5.75 Å². The fourth-order valence-corrected chi connectivity index (χ4v) is 2.75. The van der Waals surface area contributed by atoms with Crippen LogP contribution < -0.4 is 20.7 Å². The van der Waals surface area contributed by atoms with Gasteiger partial charge in [0.2, 0.25) is 0 Å². The molecule has 6 nitrogen and oxygen atoms in total. The molecule has 0 atom stereocenters. The maximum absolute atomic E-state index is 12.4. The zero-order valence-electron chi connectivity index (χ0n) is 13.7. The molecule has 3 N–H and O–H groups in total. The number of anilines is 2. The molecule has 1 aliphatic heterocycles. The third kappa shape index (κ3) is 3.74. The molecule has 4 rings (SSSR count). The van der Waals surface area contributed by atoms with Crippen molar-refractivity contribution in [3.05, 3.63) is 53.6 Å². The Kier molecular flexibility index (Phi) is 4.01. The number of benzene rings is 2. The molecule has 128 valence electrons. The Hall–Kier alpha value is -3.02. The minimum atomic E-state index is -0.195. The lowest BCUT2D eigenvalue weighted by atomic mass is 10.1. The van der Waals surface area contributed by atoms with Gasteiger partial charge in [-0.1, -0.05) is 0 Å². The number of rotatable bonds is 4. The smallest absolute Gasteiger partial charge is 0.319 e. The average molecular weight is 337 g/mol. The van der Waals surface area contributed by atoms with Gasteiger partial charge in [-0.3, -0.25) is 4.79 Å². The first-order chi connectivity index (χ1) is 12.2. The van der Waals surface area contributed by atoms with Gasteiger partial charge in [0, 0.05) is 29.4 Å². The number of carbonyl (C=O) groups excluding carboxylic acids is 2. The Labute approximate surface area is 145 Å². The summed E-state index contributed by atoms with van der Waals surface area (Å²) in [5, 5.41) is 8.50. The van der Waals surface area contributed by atoms with Crippen molar-refractivity contribution in [1.82, 2.24) is 5.32 Å². The minimum absolute atomic E-state index is 0.165. The first-order valence-electron chi connectivity index (χ1n) is 8.42. The molecule has 3 amide bonds. The Morgan fingerprint density at radius 2 is 1.68 bits per heavy atom. The summed E-state index contributed by atoms with van der Waals surface area (Å²) < 4.78 is 5.45. The van der Waals surface area contributed by atoms with Crippen molar-refractivity contribution in [3.63, 3.8) is 0 Å². The zero-order chi connectivity index (χ0) is 17.2. The Morgan fingerprint density at radius 1 is 0.960 bits per heavy atom. The number of fused-ring (bicyclic) bond motifs is 1. The largest absolute Gasteiger partial charge is 0.493 e. The van der Waals surface area contributed by atoms with E-state index in [1.54, 1.807) is 30.3 Å². The molecule has 0 aromatic heterocycles. The van der Waals surface area contributed by atoms with E-state index in [9.17, 15) is 9.59 Å². The third-order valence-corrected chi connectivity index (χ3v) is 4.26. The zero-order valence-corrected chi connectivity index (χ0v) is 13.7. The van der Waals surface area contributed by atoms with E-state index in [4.69, 9.17) is 4.74 Å². The molecule has 1 fully saturated rings. The van der Waals surface area contributed by atoms with Gasteiger partial charge in [-0.2, -0.15) is 0 Å². The van der Waals surface area contributed by atoms with Crippen LogP contribution >= 0.6 is 0 Å². The fraction of sp³-hybridized carbons (Fsp3) is 0.263. The molecule has 0 unspecified atom stereocenters. The molecular formula is C19H19N3O3. The molecule has 1 heterocycles. The SMILES string of the molecule is O=C(Nc1ccc(NC(=O)c2ccc3c(c2)CCO3)cc1)NC1CC1. The van der Waals surface area contributed by atoms with E-state index >= 15 is 0 Å². The van der Waals surface area contributed by atoms with Crippen molar-refractivity contribution in [2.75, 3.05) is 17.2 Å². The van der Waals surface area contributed by atoms with Gasteiger partial charge in [-0.15, -0.1) is 0 Å². The number of hydrogen-bond acceptors (Lipinski definition) is 3. The van der Waals surface area contributed by atoms with E-state index in [0.29, 0.717) is 29.6 Å². The molecule has 1 saturated carbocycles. The lowest BCUT2D eigenvalue weighted by Crippen LogP contribution is -2.30. The van der Waals surface area contributed by atoms with Gasteiger partial charge in [-0.05, 0) is 60.9 Å². The summed E-state index contributed by atoms with van der Waals surface area (Å²) in [6, 6.07) is 12.6. The van der Waals surface area contributed by atoms with Crippen LogP contribution in [0.25, 0.3) is 0 Å². The number of hydrogen-bond donors (Lipinski definition) is 3. The van der Waals surface area contributed by atoms with Crippen LogP contribution in [0.2, 0.25) is 0 Å². The maximum Gasteiger partial charge on any atom is 0.319 e. The molecule has 2 aromatic carbocycles. The summed E-state index contributed by atoms with van der Waals surface area (Å²) in [4.78, 5) is 24.1. The average Bonchev–Trinajstić information content (AvgIpc) is 3.29. The summed E-state index contributed by atoms with van der Waals surface area (Å²) in [5.74, 6) is 0.693. The van der Waals surface area contributed by atoms with Gasteiger partial charge in [0.1, 0.15) is 5.75 Å². The topological polar surface area (TPSA) is 79.5 Å². The predicted molar refractivity (Wildman–Crippen MR) is 95.2 cm³/mol. The van der Waals surface area contributed by atoms with Gasteiger partial charge in [0.25, 0.3) is 5.91 Å². The molecular weight excluding hydrogens is 318 g/mol. The second kappa shape index (κ2) is 6.47. The van der Waals surface area contributed by atoms with Gasteiger partial charge >= 0.3 is 6.03 Å². The monoisotopic (exact) mass is 337 g/mol. The van der Waals surface area contributed by atoms with Crippen molar-refractivity contribution in [2.45, 2.75) is 25.3 Å². The Balaban J connectivity index is 1.37. The highest BCUT2D eigenvalue weighted by Gasteiger charge is 2.23. The molecule has 0 bridgehead atoms. The third-order valence-electron chi connectivity index (χ3n) is 4.26. The molecule has 0 spiro atoms. The van der Waals surface area contributed by atoms with Crippen LogP contribution in [-0.4, -0.2) is 24.6 Å². The highest BCUT2D eigenvalue weighted by Crippen LogP contribution is 2.26. The van der Waals surface area contributed by atoms with Crippen molar-refractivity contribution in [2.24, 2.45) is 0 Å². The van der Waals surface area contributed by atoms with E-state index in [2.05, 4.69) is 16.0 Å². The normalized spacial score (nSPS) is 15.0. The number of carbonyl (C=O) groups is 2. The van der Waals surface area contributed by atoms with Crippen LogP contribution in [-0.2, 0) is 6.42 Å². The lowest BCUT2D eigenvalue weighted by molar-refractivity contribution is 0.102. The van der Waals surface area contributed by atoms with E-state index in [1.807, 2.05) is 12.1 Å². The van der Waals surface area contributed by atoms with E-state index in [1.165, 1.54) is 0 Å². The number of nitrogens with one attached hydrogen (secondary N) is 3. The van der Waals surface area contributed by atoms with Gasteiger partial charge < -0.3 is 20.7 Å². The lowest BCUT2D eigenvalue weighted by Gasteiger charge is -2.09. The van der Waals surface area contributed by atoms with Crippen molar-refractivity contribution >= 4 is 23.3 Å². The van der Waals surface area contributed by atoms with Crippen LogP contribution in [0.4, 0.5) is 16.2 Å². The first kappa shape index (κ1) is 15.5. The highest BCUT2D eigenvalue weighted by molar-refractivity contribution is 6.04. The molecule has 0 radical (unpaired) electrons. The van der Waals surface area contributed by atoms with E-state index < -0.39 is 0 Å². The fourth-order valence-electron chi connectivity index (χ4n) is 2.75. The van der Waals surface area contributed by atoms with Crippen molar-refractivity contribution in [3.8, 4) is 5.75 Å². The van der Waals surface area contributed by atoms with E-state index in [-0.39, 0.29) is 11.9 Å². The quantitative estimate of drug-likeness (QED) is 0.802. The van der Waals surface area contributed by atoms with Gasteiger partial charge in [0.05, 0.1) is 6.61 Å². The number of ether oxygens (including phenoxy) is 1. The second-order valence-electron chi connectivity index (χ2n) is 6.33. The Bertz CT molecular complexity index is 813. The number of urea groups is 1. The summed E-state index contributed by atoms with van der Waals surface area (Å²) >= 11 is 0. The predicted octanol–water partition coefficient (Wildman–Crippen LogP) is 3.16. The van der Waals surface area contributed by atoms with Crippen LogP contribution in [0, 0.1) is 0 Å². The number of amides is 3. The van der Waals surface area contributed by atoms with Crippen molar-refractivity contribution < 1.29 is 14.3 Å². The molecule has 2 aromatic rings. The molecule has 2 aliphatic rings. The molecule has 1 aliphatic carbocycles. The van der Waals surface area contributed by atoms with Crippen LogP contribution in [0.3, 0.4) is 0 Å². The van der Waals surface area contributed by atoms with Gasteiger partial charge in [0.15, 0.2) is 0 Å². The van der Waals surface area contributed by atoms with Crippen molar-refractivity contribution in [1.29, 1.82) is 0 Å². The van der Waals surface area contributed by atoms with Crippen LogP contribution in [0.15, 0.2) is 42.5 Å². The molecule has 6 heteroatoms. The molecule has 0 saturated heterocycles. The Morgan fingerprint density at radius 3 is 2.40 bits per heavy atom.